The predicted molar refractivity (Wildman–Crippen MR) is 60.0 cm³/mol. The molecule has 0 heterocycles. The fourth-order valence-corrected chi connectivity index (χ4v) is 2.49. The standard InChI is InChI=1S/C13H18FN/c14-12-8-4-3-7-11(12)13(15)9-5-1-2-6-10-13/h3-4,7-8H,1-2,5-6,9-10,15H2. The molecule has 0 saturated heterocycles. The fraction of sp³-hybridized carbons (Fsp3) is 0.538. The van der Waals surface area contributed by atoms with Crippen molar-refractivity contribution in [3.63, 3.8) is 0 Å². The molecule has 0 radical (unpaired) electrons. The van der Waals surface area contributed by atoms with Crippen molar-refractivity contribution < 1.29 is 4.39 Å². The largest absolute Gasteiger partial charge is 0.321 e. The van der Waals surface area contributed by atoms with Gasteiger partial charge in [0.1, 0.15) is 5.82 Å². The number of nitrogens with two attached hydrogens (primary N) is 1. The summed E-state index contributed by atoms with van der Waals surface area (Å²) in [6, 6.07) is 6.94. The predicted octanol–water partition coefficient (Wildman–Crippen LogP) is 3.33. The van der Waals surface area contributed by atoms with Crippen molar-refractivity contribution in [2.75, 3.05) is 0 Å². The van der Waals surface area contributed by atoms with Crippen LogP contribution in [-0.2, 0) is 5.54 Å². The van der Waals surface area contributed by atoms with Crippen molar-refractivity contribution in [3.05, 3.63) is 35.6 Å². The summed E-state index contributed by atoms with van der Waals surface area (Å²) in [6.07, 6.45) is 6.51. The molecule has 0 atom stereocenters. The van der Waals surface area contributed by atoms with Crippen LogP contribution in [0.25, 0.3) is 0 Å². The maximum Gasteiger partial charge on any atom is 0.128 e. The first kappa shape index (κ1) is 10.6. The third-order valence-corrected chi connectivity index (χ3v) is 3.41. The average Bonchev–Trinajstić information content (AvgIpc) is 2.44. The van der Waals surface area contributed by atoms with Crippen LogP contribution in [0.1, 0.15) is 44.1 Å². The summed E-state index contributed by atoms with van der Waals surface area (Å²) in [7, 11) is 0. The van der Waals surface area contributed by atoms with Gasteiger partial charge in [-0.3, -0.25) is 0 Å². The molecule has 1 aromatic carbocycles. The third kappa shape index (κ3) is 2.20. The van der Waals surface area contributed by atoms with Crippen molar-refractivity contribution in [2.45, 2.75) is 44.1 Å². The van der Waals surface area contributed by atoms with Gasteiger partial charge in [-0.05, 0) is 18.9 Å². The molecule has 2 rings (SSSR count). The van der Waals surface area contributed by atoms with Crippen LogP contribution in [0, 0.1) is 5.82 Å². The SMILES string of the molecule is NC1(c2ccccc2F)CCCCCC1. The molecule has 1 fully saturated rings. The number of halogens is 1. The Bertz CT molecular complexity index is 327. The van der Waals surface area contributed by atoms with Gasteiger partial charge in [-0.2, -0.15) is 0 Å². The Hall–Kier alpha value is -0.890. The van der Waals surface area contributed by atoms with E-state index >= 15 is 0 Å². The lowest BCUT2D eigenvalue weighted by atomic mass is 9.83. The van der Waals surface area contributed by atoms with Crippen LogP contribution in [-0.4, -0.2) is 0 Å². The van der Waals surface area contributed by atoms with Crippen molar-refractivity contribution in [1.29, 1.82) is 0 Å². The van der Waals surface area contributed by atoms with Crippen LogP contribution in [0.3, 0.4) is 0 Å². The van der Waals surface area contributed by atoms with Gasteiger partial charge in [-0.15, -0.1) is 0 Å². The quantitative estimate of drug-likeness (QED) is 0.702. The summed E-state index contributed by atoms with van der Waals surface area (Å²) in [5.41, 5.74) is 6.61. The first-order chi connectivity index (χ1) is 7.22. The summed E-state index contributed by atoms with van der Waals surface area (Å²) < 4.78 is 13.7. The molecule has 1 nitrogen and oxygen atoms in total. The van der Waals surface area contributed by atoms with Gasteiger partial charge in [0.15, 0.2) is 0 Å². The van der Waals surface area contributed by atoms with Crippen molar-refractivity contribution in [1.82, 2.24) is 0 Å². The highest BCUT2D eigenvalue weighted by Gasteiger charge is 2.30. The topological polar surface area (TPSA) is 26.0 Å². The van der Waals surface area contributed by atoms with Crippen molar-refractivity contribution >= 4 is 0 Å². The minimum Gasteiger partial charge on any atom is -0.321 e. The van der Waals surface area contributed by atoms with E-state index in [4.69, 9.17) is 5.73 Å². The highest BCUT2D eigenvalue weighted by atomic mass is 19.1. The van der Waals surface area contributed by atoms with E-state index in [1.54, 1.807) is 6.07 Å². The van der Waals surface area contributed by atoms with E-state index in [2.05, 4.69) is 0 Å². The average molecular weight is 207 g/mol. The molecule has 0 bridgehead atoms. The zero-order valence-electron chi connectivity index (χ0n) is 9.01. The lowest BCUT2D eigenvalue weighted by molar-refractivity contribution is 0.368. The fourth-order valence-electron chi connectivity index (χ4n) is 2.49. The first-order valence-electron chi connectivity index (χ1n) is 5.76. The second-order valence-corrected chi connectivity index (χ2v) is 4.55. The van der Waals surface area contributed by atoms with Gasteiger partial charge in [-0.25, -0.2) is 4.39 Å². The zero-order chi connectivity index (χ0) is 10.7. The highest BCUT2D eigenvalue weighted by Crippen LogP contribution is 2.34. The molecule has 1 aliphatic rings. The lowest BCUT2D eigenvalue weighted by Gasteiger charge is -2.28. The van der Waals surface area contributed by atoms with Gasteiger partial charge in [0.25, 0.3) is 0 Å². The molecule has 0 aliphatic heterocycles. The molecule has 1 aromatic rings. The van der Waals surface area contributed by atoms with Crippen molar-refractivity contribution in [3.8, 4) is 0 Å². The Kier molecular flexibility index (Phi) is 3.06. The Morgan fingerprint density at radius 1 is 1.00 bits per heavy atom. The Morgan fingerprint density at radius 3 is 2.20 bits per heavy atom. The Labute approximate surface area is 90.5 Å². The van der Waals surface area contributed by atoms with E-state index in [0.29, 0.717) is 5.56 Å². The van der Waals surface area contributed by atoms with Crippen LogP contribution in [0.15, 0.2) is 24.3 Å². The molecule has 1 saturated carbocycles. The van der Waals surface area contributed by atoms with E-state index < -0.39 is 5.54 Å². The van der Waals surface area contributed by atoms with Crippen LogP contribution in [0.5, 0.6) is 0 Å². The number of hydrogen-bond acceptors (Lipinski definition) is 1. The van der Waals surface area contributed by atoms with Gasteiger partial charge >= 0.3 is 0 Å². The van der Waals surface area contributed by atoms with Crippen molar-refractivity contribution in [2.24, 2.45) is 5.73 Å². The lowest BCUT2D eigenvalue weighted by Crippen LogP contribution is -2.36. The maximum absolute atomic E-state index is 13.7. The molecule has 0 amide bonds. The van der Waals surface area contributed by atoms with E-state index in [-0.39, 0.29) is 5.82 Å². The summed E-state index contributed by atoms with van der Waals surface area (Å²) in [4.78, 5) is 0. The second kappa shape index (κ2) is 4.31. The molecule has 1 aliphatic carbocycles. The molecule has 0 spiro atoms. The van der Waals surface area contributed by atoms with Crippen LogP contribution in [0.2, 0.25) is 0 Å². The van der Waals surface area contributed by atoms with E-state index in [1.807, 2.05) is 12.1 Å². The van der Waals surface area contributed by atoms with E-state index in [0.717, 1.165) is 25.7 Å². The number of benzene rings is 1. The molecule has 15 heavy (non-hydrogen) atoms. The molecule has 82 valence electrons. The van der Waals surface area contributed by atoms with Gasteiger partial charge in [-0.1, -0.05) is 43.9 Å². The Morgan fingerprint density at radius 2 is 1.60 bits per heavy atom. The Balaban J connectivity index is 2.30. The van der Waals surface area contributed by atoms with Crippen LogP contribution >= 0.6 is 0 Å². The van der Waals surface area contributed by atoms with Gasteiger partial charge in [0.2, 0.25) is 0 Å². The van der Waals surface area contributed by atoms with E-state index in [1.165, 1.54) is 18.9 Å². The number of rotatable bonds is 1. The first-order valence-corrected chi connectivity index (χ1v) is 5.76. The number of hydrogen-bond donors (Lipinski definition) is 1. The minimum absolute atomic E-state index is 0.151. The minimum atomic E-state index is -0.429. The van der Waals surface area contributed by atoms with Gasteiger partial charge < -0.3 is 5.73 Å². The maximum atomic E-state index is 13.7. The monoisotopic (exact) mass is 207 g/mol. The molecular formula is C13H18FN. The molecular weight excluding hydrogens is 189 g/mol. The van der Waals surface area contributed by atoms with Crippen LogP contribution in [0.4, 0.5) is 4.39 Å². The smallest absolute Gasteiger partial charge is 0.128 e. The molecule has 2 heteroatoms. The molecule has 2 N–H and O–H groups in total. The van der Waals surface area contributed by atoms with Gasteiger partial charge in [0, 0.05) is 11.1 Å². The summed E-state index contributed by atoms with van der Waals surface area (Å²) in [6.45, 7) is 0. The summed E-state index contributed by atoms with van der Waals surface area (Å²) >= 11 is 0. The molecule has 0 unspecified atom stereocenters. The van der Waals surface area contributed by atoms with Crippen LogP contribution < -0.4 is 5.73 Å². The summed E-state index contributed by atoms with van der Waals surface area (Å²) in [5.74, 6) is -0.151. The molecule has 0 aromatic heterocycles. The van der Waals surface area contributed by atoms with E-state index in [9.17, 15) is 4.39 Å². The highest BCUT2D eigenvalue weighted by molar-refractivity contribution is 5.26. The summed E-state index contributed by atoms with van der Waals surface area (Å²) in [5, 5.41) is 0. The third-order valence-electron chi connectivity index (χ3n) is 3.41. The normalized spacial score (nSPS) is 20.9. The zero-order valence-corrected chi connectivity index (χ0v) is 9.01. The van der Waals surface area contributed by atoms with Gasteiger partial charge in [0.05, 0.1) is 0 Å². The second-order valence-electron chi connectivity index (χ2n) is 4.55.